The van der Waals surface area contributed by atoms with Gasteiger partial charge in [-0.15, -0.1) is 0 Å². The summed E-state index contributed by atoms with van der Waals surface area (Å²) in [7, 11) is 0. The van der Waals surface area contributed by atoms with Gasteiger partial charge in [0.2, 0.25) is 0 Å². The molecule has 1 aromatic rings. The number of rotatable bonds is 3. The molecule has 0 aliphatic carbocycles. The van der Waals surface area contributed by atoms with Crippen molar-refractivity contribution < 1.29 is 0 Å². The lowest BCUT2D eigenvalue weighted by Crippen LogP contribution is -2.20. The maximum absolute atomic E-state index is 8.84. The summed E-state index contributed by atoms with van der Waals surface area (Å²) < 4.78 is 0. The highest BCUT2D eigenvalue weighted by molar-refractivity contribution is 6.30. The Hall–Kier alpha value is -2.17. The molecule has 0 amide bonds. The first kappa shape index (κ1) is 12.9. The van der Waals surface area contributed by atoms with Gasteiger partial charge in [-0.05, 0) is 24.6 Å². The molecular formula is C12H11ClN4. The minimum absolute atomic E-state index is 0.0787. The van der Waals surface area contributed by atoms with Gasteiger partial charge in [-0.2, -0.15) is 10.5 Å². The van der Waals surface area contributed by atoms with Crippen molar-refractivity contribution in [2.45, 2.75) is 13.0 Å². The van der Waals surface area contributed by atoms with Crippen molar-refractivity contribution in [2.75, 3.05) is 0 Å². The Morgan fingerprint density at radius 1 is 1.29 bits per heavy atom. The van der Waals surface area contributed by atoms with Crippen molar-refractivity contribution in [3.63, 3.8) is 0 Å². The second-order valence-corrected chi connectivity index (χ2v) is 3.87. The van der Waals surface area contributed by atoms with Gasteiger partial charge in [-0.1, -0.05) is 23.7 Å². The fourth-order valence-electron chi connectivity index (χ4n) is 1.28. The largest absolute Gasteiger partial charge is 0.388 e. The first-order valence-electron chi connectivity index (χ1n) is 4.90. The second-order valence-electron chi connectivity index (χ2n) is 3.43. The summed E-state index contributed by atoms with van der Waals surface area (Å²) in [6.07, 6.45) is 0. The van der Waals surface area contributed by atoms with Crippen LogP contribution in [0.4, 0.5) is 0 Å². The predicted octanol–water partition coefficient (Wildman–Crippen LogP) is 2.21. The summed E-state index contributed by atoms with van der Waals surface area (Å²) >= 11 is 5.78. The van der Waals surface area contributed by atoms with Crippen LogP contribution >= 0.6 is 11.6 Å². The number of allylic oxidation sites excluding steroid dienone is 2. The number of hydrogen-bond acceptors (Lipinski definition) is 4. The van der Waals surface area contributed by atoms with Crippen molar-refractivity contribution in [1.82, 2.24) is 5.32 Å². The summed E-state index contributed by atoms with van der Waals surface area (Å²) in [6, 6.07) is 10.7. The van der Waals surface area contributed by atoms with Gasteiger partial charge >= 0.3 is 0 Å². The topological polar surface area (TPSA) is 85.6 Å². The van der Waals surface area contributed by atoms with E-state index in [1.54, 1.807) is 18.2 Å². The molecule has 0 bridgehead atoms. The molecule has 0 radical (unpaired) electrons. The van der Waals surface area contributed by atoms with Crippen molar-refractivity contribution in [1.29, 1.82) is 10.5 Å². The maximum Gasteiger partial charge on any atom is 0.148 e. The van der Waals surface area contributed by atoms with Crippen LogP contribution in [0.5, 0.6) is 0 Å². The summed E-state index contributed by atoms with van der Waals surface area (Å²) in [6.45, 7) is 1.87. The lowest BCUT2D eigenvalue weighted by molar-refractivity contribution is 0.663. The molecule has 1 aromatic carbocycles. The number of nitrogens with one attached hydrogen (secondary N) is 1. The van der Waals surface area contributed by atoms with Crippen LogP contribution in [0.15, 0.2) is 35.7 Å². The Morgan fingerprint density at radius 3 is 2.35 bits per heavy atom. The van der Waals surface area contributed by atoms with Crippen LogP contribution in [0.1, 0.15) is 18.5 Å². The molecule has 0 aliphatic heterocycles. The molecule has 0 spiro atoms. The summed E-state index contributed by atoms with van der Waals surface area (Å²) in [5.41, 5.74) is 6.30. The third-order valence-corrected chi connectivity index (χ3v) is 2.48. The van der Waals surface area contributed by atoms with Gasteiger partial charge < -0.3 is 11.1 Å². The Balaban J connectivity index is 2.87. The molecule has 1 atom stereocenters. The number of nitriles is 2. The van der Waals surface area contributed by atoms with Gasteiger partial charge in [0.05, 0.1) is 0 Å². The normalized spacial score (nSPS) is 12.9. The molecule has 0 heterocycles. The average Bonchev–Trinajstić information content (AvgIpc) is 2.35. The first-order valence-corrected chi connectivity index (χ1v) is 5.28. The van der Waals surface area contributed by atoms with Gasteiger partial charge in [0.25, 0.3) is 0 Å². The van der Waals surface area contributed by atoms with Gasteiger partial charge in [-0.25, -0.2) is 0 Å². The molecule has 0 aromatic heterocycles. The zero-order valence-electron chi connectivity index (χ0n) is 9.24. The molecule has 86 valence electrons. The van der Waals surface area contributed by atoms with Crippen LogP contribution in [-0.4, -0.2) is 0 Å². The van der Waals surface area contributed by atoms with E-state index < -0.39 is 0 Å². The van der Waals surface area contributed by atoms with Crippen molar-refractivity contribution in [3.8, 4) is 12.1 Å². The highest BCUT2D eigenvalue weighted by atomic mass is 35.5. The fourth-order valence-corrected chi connectivity index (χ4v) is 1.40. The number of nitrogens with two attached hydrogens (primary N) is 1. The Labute approximate surface area is 105 Å². The third-order valence-electron chi connectivity index (χ3n) is 2.23. The number of hydrogen-bond donors (Lipinski definition) is 2. The standard InChI is InChI=1S/C12H11ClN4/c1-8(9-2-4-10(13)5-3-9)17-12(7-15)11(16)6-14/h2-5,8,17H,16H2,1H3/b12-11-. The van der Waals surface area contributed by atoms with Crippen molar-refractivity contribution in [3.05, 3.63) is 46.2 Å². The lowest BCUT2D eigenvalue weighted by Gasteiger charge is -2.14. The van der Waals surface area contributed by atoms with E-state index >= 15 is 0 Å². The van der Waals surface area contributed by atoms with E-state index in [9.17, 15) is 0 Å². The zero-order valence-corrected chi connectivity index (χ0v) is 9.99. The van der Waals surface area contributed by atoms with Crippen molar-refractivity contribution in [2.24, 2.45) is 5.73 Å². The van der Waals surface area contributed by atoms with E-state index in [0.717, 1.165) is 5.56 Å². The van der Waals surface area contributed by atoms with E-state index in [-0.39, 0.29) is 17.4 Å². The van der Waals surface area contributed by atoms with Gasteiger partial charge in [-0.3, -0.25) is 0 Å². The van der Waals surface area contributed by atoms with Gasteiger partial charge in [0, 0.05) is 11.1 Å². The molecule has 0 fully saturated rings. The third kappa shape index (κ3) is 3.41. The average molecular weight is 247 g/mol. The summed E-state index contributed by atoms with van der Waals surface area (Å²) in [5.74, 6) is 0. The first-order chi connectivity index (χ1) is 8.08. The highest BCUT2D eigenvalue weighted by Crippen LogP contribution is 2.17. The highest BCUT2D eigenvalue weighted by Gasteiger charge is 2.09. The molecule has 1 rings (SSSR count). The SMILES string of the molecule is CC(N/C(C#N)=C(\N)C#N)c1ccc(Cl)cc1. The Kier molecular flexibility index (Phi) is 4.39. The molecule has 0 saturated heterocycles. The van der Waals surface area contributed by atoms with E-state index in [1.165, 1.54) is 0 Å². The van der Waals surface area contributed by atoms with E-state index in [2.05, 4.69) is 5.32 Å². The summed E-state index contributed by atoms with van der Waals surface area (Å²) in [5, 5.41) is 21.0. The smallest absolute Gasteiger partial charge is 0.148 e. The van der Waals surface area contributed by atoms with E-state index in [0.29, 0.717) is 5.02 Å². The van der Waals surface area contributed by atoms with E-state index in [1.807, 2.05) is 25.1 Å². The monoisotopic (exact) mass is 246 g/mol. The molecule has 0 saturated carbocycles. The Bertz CT molecular complexity index is 505. The Morgan fingerprint density at radius 2 is 1.88 bits per heavy atom. The van der Waals surface area contributed by atoms with E-state index in [4.69, 9.17) is 27.9 Å². The van der Waals surface area contributed by atoms with Crippen molar-refractivity contribution >= 4 is 11.6 Å². The van der Waals surface area contributed by atoms with Crippen LogP contribution in [0.25, 0.3) is 0 Å². The van der Waals surface area contributed by atoms with Crippen LogP contribution in [-0.2, 0) is 0 Å². The number of benzene rings is 1. The lowest BCUT2D eigenvalue weighted by atomic mass is 10.1. The molecule has 3 N–H and O–H groups in total. The summed E-state index contributed by atoms with van der Waals surface area (Å²) in [4.78, 5) is 0. The number of nitrogens with zero attached hydrogens (tertiary/aromatic N) is 2. The predicted molar refractivity (Wildman–Crippen MR) is 65.4 cm³/mol. The van der Waals surface area contributed by atoms with Crippen LogP contribution in [0.3, 0.4) is 0 Å². The zero-order chi connectivity index (χ0) is 12.8. The molecule has 0 aliphatic rings. The second kappa shape index (κ2) is 5.79. The minimum Gasteiger partial charge on any atom is -0.388 e. The molecular weight excluding hydrogens is 236 g/mol. The van der Waals surface area contributed by atoms with Crippen LogP contribution in [0, 0.1) is 22.7 Å². The van der Waals surface area contributed by atoms with Crippen LogP contribution in [0.2, 0.25) is 5.02 Å². The van der Waals surface area contributed by atoms with Gasteiger partial charge in [0.15, 0.2) is 0 Å². The van der Waals surface area contributed by atoms with Gasteiger partial charge in [0.1, 0.15) is 23.5 Å². The minimum atomic E-state index is -0.131. The van der Waals surface area contributed by atoms with Crippen LogP contribution < -0.4 is 11.1 Å². The molecule has 5 heteroatoms. The fraction of sp³-hybridized carbons (Fsp3) is 0.167. The number of halogens is 1. The molecule has 4 nitrogen and oxygen atoms in total. The molecule has 1 unspecified atom stereocenters. The maximum atomic E-state index is 8.84. The molecule has 17 heavy (non-hydrogen) atoms. The quantitative estimate of drug-likeness (QED) is 0.801.